The Morgan fingerprint density at radius 3 is 1.81 bits per heavy atom. The first kappa shape index (κ1) is 17.4. The van der Waals surface area contributed by atoms with Gasteiger partial charge >= 0.3 is 5.97 Å². The van der Waals surface area contributed by atoms with E-state index in [0.717, 1.165) is 12.8 Å². The highest BCUT2D eigenvalue weighted by Crippen LogP contribution is 2.12. The molecule has 116 valence electrons. The number of carbonyl (C=O) groups excluding carboxylic acids is 1. The SMILES string of the molecule is CCCCCCCCCCC(=O)c1ccc(C(=O)O)cc1. The van der Waals surface area contributed by atoms with Crippen molar-refractivity contribution in [2.24, 2.45) is 0 Å². The van der Waals surface area contributed by atoms with Crippen LogP contribution in [0.1, 0.15) is 85.4 Å². The maximum Gasteiger partial charge on any atom is 0.335 e. The number of benzene rings is 1. The average Bonchev–Trinajstić information content (AvgIpc) is 2.49. The van der Waals surface area contributed by atoms with Gasteiger partial charge in [0.15, 0.2) is 5.78 Å². The van der Waals surface area contributed by atoms with Crippen molar-refractivity contribution in [3.63, 3.8) is 0 Å². The molecule has 1 N–H and O–H groups in total. The van der Waals surface area contributed by atoms with Crippen LogP contribution in [0.4, 0.5) is 0 Å². The van der Waals surface area contributed by atoms with Gasteiger partial charge in [0.2, 0.25) is 0 Å². The zero-order valence-corrected chi connectivity index (χ0v) is 12.9. The van der Waals surface area contributed by atoms with Crippen molar-refractivity contribution >= 4 is 11.8 Å². The van der Waals surface area contributed by atoms with Crippen molar-refractivity contribution in [1.29, 1.82) is 0 Å². The van der Waals surface area contributed by atoms with Crippen LogP contribution in [0.5, 0.6) is 0 Å². The fourth-order valence-corrected chi connectivity index (χ4v) is 2.36. The third kappa shape index (κ3) is 7.07. The van der Waals surface area contributed by atoms with Gasteiger partial charge in [-0.05, 0) is 18.6 Å². The van der Waals surface area contributed by atoms with Crippen LogP contribution >= 0.6 is 0 Å². The Balaban J connectivity index is 2.17. The van der Waals surface area contributed by atoms with Crippen LogP contribution in [0.2, 0.25) is 0 Å². The van der Waals surface area contributed by atoms with Crippen LogP contribution in [0.25, 0.3) is 0 Å². The summed E-state index contributed by atoms with van der Waals surface area (Å²) in [5.74, 6) is -0.852. The Morgan fingerprint density at radius 2 is 1.29 bits per heavy atom. The van der Waals surface area contributed by atoms with E-state index in [1.54, 1.807) is 12.1 Å². The molecule has 0 radical (unpaired) electrons. The molecule has 0 saturated heterocycles. The maximum atomic E-state index is 12.0. The lowest BCUT2D eigenvalue weighted by atomic mass is 10.0. The molecular formula is C18H26O3. The van der Waals surface area contributed by atoms with E-state index in [4.69, 9.17) is 5.11 Å². The van der Waals surface area contributed by atoms with E-state index in [1.165, 1.54) is 50.7 Å². The quantitative estimate of drug-likeness (QED) is 0.455. The summed E-state index contributed by atoms with van der Waals surface area (Å²) in [5.41, 5.74) is 0.835. The van der Waals surface area contributed by atoms with Crippen molar-refractivity contribution in [2.45, 2.75) is 64.7 Å². The number of Topliss-reactive ketones (excluding diaryl/α,β-unsaturated/α-hetero) is 1. The number of unbranched alkanes of at least 4 members (excludes halogenated alkanes) is 7. The summed E-state index contributed by atoms with van der Waals surface area (Å²) in [6, 6.07) is 6.19. The first-order valence-electron chi connectivity index (χ1n) is 8.01. The van der Waals surface area contributed by atoms with Gasteiger partial charge in [-0.2, -0.15) is 0 Å². The summed E-state index contributed by atoms with van der Waals surface area (Å²) >= 11 is 0. The summed E-state index contributed by atoms with van der Waals surface area (Å²) in [7, 11) is 0. The lowest BCUT2D eigenvalue weighted by Crippen LogP contribution is -2.01. The van der Waals surface area contributed by atoms with Crippen molar-refractivity contribution in [2.75, 3.05) is 0 Å². The molecule has 1 aromatic carbocycles. The molecule has 21 heavy (non-hydrogen) atoms. The largest absolute Gasteiger partial charge is 0.478 e. The highest BCUT2D eigenvalue weighted by atomic mass is 16.4. The van der Waals surface area contributed by atoms with Crippen molar-refractivity contribution in [1.82, 2.24) is 0 Å². The summed E-state index contributed by atoms with van der Waals surface area (Å²) in [4.78, 5) is 22.7. The molecule has 0 atom stereocenters. The van der Waals surface area contributed by atoms with Crippen molar-refractivity contribution in [3.8, 4) is 0 Å². The molecule has 0 aliphatic rings. The van der Waals surface area contributed by atoms with Gasteiger partial charge in [0, 0.05) is 12.0 Å². The molecule has 0 bridgehead atoms. The van der Waals surface area contributed by atoms with Crippen molar-refractivity contribution in [3.05, 3.63) is 35.4 Å². The number of carboxylic acids is 1. The highest BCUT2D eigenvalue weighted by molar-refractivity contribution is 5.97. The van der Waals surface area contributed by atoms with Crippen LogP contribution in [0, 0.1) is 0 Å². The topological polar surface area (TPSA) is 54.4 Å². The number of aromatic carboxylic acids is 1. The zero-order chi connectivity index (χ0) is 15.5. The monoisotopic (exact) mass is 290 g/mol. The van der Waals surface area contributed by atoms with Gasteiger partial charge < -0.3 is 5.11 Å². The number of carboxylic acid groups (broad SMARTS) is 1. The predicted octanol–water partition coefficient (Wildman–Crippen LogP) is 5.10. The molecule has 0 heterocycles. The highest BCUT2D eigenvalue weighted by Gasteiger charge is 2.07. The number of rotatable bonds is 11. The second-order valence-electron chi connectivity index (χ2n) is 5.53. The lowest BCUT2D eigenvalue weighted by Gasteiger charge is -2.03. The number of hydrogen-bond acceptors (Lipinski definition) is 2. The molecule has 0 aliphatic heterocycles. The second-order valence-corrected chi connectivity index (χ2v) is 5.53. The maximum absolute atomic E-state index is 12.0. The molecule has 0 amide bonds. The van der Waals surface area contributed by atoms with E-state index < -0.39 is 5.97 Å². The number of hydrogen-bond donors (Lipinski definition) is 1. The Hall–Kier alpha value is -1.64. The summed E-state index contributed by atoms with van der Waals surface area (Å²) in [6.07, 6.45) is 10.3. The second kappa shape index (κ2) is 10.1. The Morgan fingerprint density at radius 1 is 0.810 bits per heavy atom. The van der Waals surface area contributed by atoms with Gasteiger partial charge in [-0.1, -0.05) is 64.0 Å². The van der Waals surface area contributed by atoms with Gasteiger partial charge in [0.25, 0.3) is 0 Å². The third-order valence-corrected chi connectivity index (χ3v) is 3.71. The first-order chi connectivity index (χ1) is 10.1. The molecule has 0 fully saturated rings. The van der Waals surface area contributed by atoms with E-state index in [9.17, 15) is 9.59 Å². The van der Waals surface area contributed by atoms with Gasteiger partial charge in [-0.15, -0.1) is 0 Å². The average molecular weight is 290 g/mol. The predicted molar refractivity (Wildman–Crippen MR) is 85.0 cm³/mol. The molecule has 1 rings (SSSR count). The number of carbonyl (C=O) groups is 2. The zero-order valence-electron chi connectivity index (χ0n) is 12.9. The minimum absolute atomic E-state index is 0.109. The van der Waals surface area contributed by atoms with Crippen LogP contribution in [-0.4, -0.2) is 16.9 Å². The molecule has 1 aromatic rings. The summed E-state index contributed by atoms with van der Waals surface area (Å²) < 4.78 is 0. The lowest BCUT2D eigenvalue weighted by molar-refractivity contribution is 0.0696. The molecule has 0 unspecified atom stereocenters. The molecule has 0 aromatic heterocycles. The van der Waals surface area contributed by atoms with Crippen LogP contribution in [0.3, 0.4) is 0 Å². The molecule has 0 saturated carbocycles. The molecule has 0 spiro atoms. The fraction of sp³-hybridized carbons (Fsp3) is 0.556. The van der Waals surface area contributed by atoms with Gasteiger partial charge in [0.05, 0.1) is 5.56 Å². The minimum Gasteiger partial charge on any atom is -0.478 e. The molecule has 0 aliphatic carbocycles. The molecular weight excluding hydrogens is 264 g/mol. The van der Waals surface area contributed by atoms with E-state index in [-0.39, 0.29) is 11.3 Å². The smallest absolute Gasteiger partial charge is 0.335 e. The molecule has 3 heteroatoms. The van der Waals surface area contributed by atoms with Crippen molar-refractivity contribution < 1.29 is 14.7 Å². The number of ketones is 1. The van der Waals surface area contributed by atoms with E-state index in [2.05, 4.69) is 6.92 Å². The van der Waals surface area contributed by atoms with Gasteiger partial charge in [0.1, 0.15) is 0 Å². The first-order valence-corrected chi connectivity index (χ1v) is 8.01. The third-order valence-electron chi connectivity index (χ3n) is 3.71. The van der Waals surface area contributed by atoms with Crippen LogP contribution in [0.15, 0.2) is 24.3 Å². The summed E-state index contributed by atoms with van der Waals surface area (Å²) in [5, 5.41) is 8.81. The Labute approximate surface area is 127 Å². The van der Waals surface area contributed by atoms with E-state index in [0.29, 0.717) is 12.0 Å². The Kier molecular flexibility index (Phi) is 8.41. The molecule has 3 nitrogen and oxygen atoms in total. The minimum atomic E-state index is -0.961. The van der Waals surface area contributed by atoms with E-state index in [1.807, 2.05) is 0 Å². The summed E-state index contributed by atoms with van der Waals surface area (Å²) in [6.45, 7) is 2.22. The van der Waals surface area contributed by atoms with Crippen LogP contribution in [-0.2, 0) is 0 Å². The fourth-order valence-electron chi connectivity index (χ4n) is 2.36. The van der Waals surface area contributed by atoms with Gasteiger partial charge in [-0.3, -0.25) is 4.79 Å². The standard InChI is InChI=1S/C18H26O3/c1-2-3-4-5-6-7-8-9-10-17(19)15-11-13-16(14-12-15)18(20)21/h11-14H,2-10H2,1H3,(H,20,21). The van der Waals surface area contributed by atoms with E-state index >= 15 is 0 Å². The normalized spacial score (nSPS) is 10.5. The van der Waals surface area contributed by atoms with Crippen LogP contribution < -0.4 is 0 Å². The van der Waals surface area contributed by atoms with Gasteiger partial charge in [-0.25, -0.2) is 4.79 Å². The Bertz CT molecular complexity index is 434.